The molecule has 2 aromatic heterocycles. The van der Waals surface area contributed by atoms with E-state index in [-0.39, 0.29) is 117 Å². The molecule has 0 aliphatic carbocycles. The lowest BCUT2D eigenvalue weighted by atomic mass is 10.1. The molecular formula is C47H44ClF6N7O12S2. The summed E-state index contributed by atoms with van der Waals surface area (Å²) in [6, 6.07) is 16.9. The predicted molar refractivity (Wildman–Crippen MR) is 252 cm³/mol. The monoisotopic (exact) mass is 1110 g/mol. The molecule has 4 heterocycles. The standard InChI is InChI=1S/C24H22F3N3O6S.C20H18ClF3N2O4S.C3H4N2O2/c1-14(2)13-37(33,34)19-6-4-3-5-18(19)35-17-8-7-15(11-16(17)24(25,26)27)23-28-20(36-29-23)12-30-21(31)9-10-22(30)32;1-12(2)11-31(27,28)17-6-4-3-5-16(17)29-15-8-7-13(9-14(15)20(22,23)24)19-25-18(10-21)30-26-19;6-2-1-4-3(7)5-2/h3-8,11,14H,9-10,12-13H2,1-2H3;3-9,12H,10-11H2,1-2H3;1H2,(H2,4,5,6,7). The number of likely N-dealkylation sites (tertiary alicyclic amines) is 1. The lowest BCUT2D eigenvalue weighted by Crippen LogP contribution is -2.28. The first-order valence-electron chi connectivity index (χ1n) is 22.2. The zero-order valence-electron chi connectivity index (χ0n) is 39.8. The van der Waals surface area contributed by atoms with Crippen molar-refractivity contribution in [1.29, 1.82) is 0 Å². The number of carbonyl (C=O) groups is 4. The first-order valence-corrected chi connectivity index (χ1v) is 26.0. The molecule has 75 heavy (non-hydrogen) atoms. The Labute approximate surface area is 428 Å². The molecule has 400 valence electrons. The first-order chi connectivity index (χ1) is 35.1. The number of aromatic nitrogens is 4. The molecule has 2 N–H and O–H groups in total. The summed E-state index contributed by atoms with van der Waals surface area (Å²) < 4.78 is 155. The first kappa shape index (κ1) is 56.9. The zero-order valence-corrected chi connectivity index (χ0v) is 42.2. The minimum atomic E-state index is -4.86. The van der Waals surface area contributed by atoms with Crippen LogP contribution in [0, 0.1) is 11.8 Å². The smallest absolute Gasteiger partial charge is 0.420 e. The minimum Gasteiger partial charge on any atom is -0.455 e. The number of rotatable bonds is 15. The number of nitrogens with zero attached hydrogens (tertiary/aromatic N) is 5. The second-order valence-electron chi connectivity index (χ2n) is 17.1. The molecule has 8 rings (SSSR count). The van der Waals surface area contributed by atoms with Gasteiger partial charge in [-0.05, 0) is 72.5 Å². The van der Waals surface area contributed by atoms with Crippen LogP contribution in [0.25, 0.3) is 22.8 Å². The normalized spacial score (nSPS) is 14.1. The van der Waals surface area contributed by atoms with Crippen LogP contribution in [-0.4, -0.2) is 83.8 Å². The maximum absolute atomic E-state index is 14.0. The zero-order chi connectivity index (χ0) is 55.0. The van der Waals surface area contributed by atoms with Gasteiger partial charge in [-0.15, -0.1) is 11.6 Å². The van der Waals surface area contributed by atoms with Crippen molar-refractivity contribution >= 4 is 55.0 Å². The van der Waals surface area contributed by atoms with Crippen LogP contribution >= 0.6 is 11.6 Å². The SMILES string of the molecule is CC(C)CS(=O)(=O)c1ccccc1Oc1ccc(-c2noc(CCl)n2)cc1C(F)(F)F.CC(C)CS(=O)(=O)c1ccccc1Oc1ccc(-c2noc(CN3C(=O)CCC3=O)n2)cc1C(F)(F)F.O=C1CNC(=O)N1. The quantitative estimate of drug-likeness (QED) is 0.0420. The van der Waals surface area contributed by atoms with E-state index in [2.05, 4.69) is 25.6 Å². The molecule has 2 aliphatic rings. The second kappa shape index (κ2) is 23.4. The molecular weight excluding hydrogens is 1070 g/mol. The lowest BCUT2D eigenvalue weighted by molar-refractivity contribution is -0.140. The Morgan fingerprint density at radius 1 is 0.640 bits per heavy atom. The van der Waals surface area contributed by atoms with Gasteiger partial charge in [-0.2, -0.15) is 36.3 Å². The van der Waals surface area contributed by atoms with Crippen LogP contribution in [0.1, 0.15) is 63.4 Å². The fourth-order valence-electron chi connectivity index (χ4n) is 7.01. The molecule has 5 amide bonds. The van der Waals surface area contributed by atoms with Crippen molar-refractivity contribution < 1.29 is 80.9 Å². The molecule has 0 saturated carbocycles. The van der Waals surface area contributed by atoms with Crippen molar-refractivity contribution in [3.05, 3.63) is 108 Å². The molecule has 2 aliphatic heterocycles. The van der Waals surface area contributed by atoms with Crippen LogP contribution in [0.4, 0.5) is 31.1 Å². The summed E-state index contributed by atoms with van der Waals surface area (Å²) in [7, 11) is -7.58. The van der Waals surface area contributed by atoms with Crippen molar-refractivity contribution in [2.75, 3.05) is 18.1 Å². The van der Waals surface area contributed by atoms with Gasteiger partial charge in [0.1, 0.15) is 45.2 Å². The van der Waals surface area contributed by atoms with Gasteiger partial charge in [0.05, 0.1) is 29.2 Å². The molecule has 28 heteroatoms. The number of nitrogens with one attached hydrogen (secondary N) is 2. The van der Waals surface area contributed by atoms with Gasteiger partial charge in [0.15, 0.2) is 19.7 Å². The number of benzene rings is 4. The Balaban J connectivity index is 0.000000218. The Bertz CT molecular complexity index is 3280. The number of urea groups is 1. The van der Waals surface area contributed by atoms with Crippen LogP contribution in [0.15, 0.2) is 104 Å². The van der Waals surface area contributed by atoms with Gasteiger partial charge in [-0.3, -0.25) is 24.6 Å². The van der Waals surface area contributed by atoms with Gasteiger partial charge in [-0.25, -0.2) is 21.6 Å². The highest BCUT2D eigenvalue weighted by atomic mass is 35.5. The van der Waals surface area contributed by atoms with Crippen LogP contribution in [0.5, 0.6) is 23.0 Å². The summed E-state index contributed by atoms with van der Waals surface area (Å²) in [4.78, 5) is 52.1. The average Bonchev–Trinajstić information content (AvgIpc) is 4.15. The summed E-state index contributed by atoms with van der Waals surface area (Å²) in [5.74, 6) is -3.77. The molecule has 0 spiro atoms. The summed E-state index contributed by atoms with van der Waals surface area (Å²) in [6.45, 7) is 6.74. The molecule has 2 saturated heterocycles. The Hall–Kier alpha value is -7.39. The number of halogens is 7. The largest absolute Gasteiger partial charge is 0.455 e. The van der Waals surface area contributed by atoms with Crippen LogP contribution in [-0.2, 0) is 58.8 Å². The minimum absolute atomic E-state index is 0.0421. The number of sulfone groups is 2. The molecule has 6 aromatic rings. The molecule has 19 nitrogen and oxygen atoms in total. The number of para-hydroxylation sites is 2. The maximum atomic E-state index is 14.0. The summed E-state index contributed by atoms with van der Waals surface area (Å²) in [5.41, 5.74) is -2.31. The third-order valence-corrected chi connectivity index (χ3v) is 14.6. The van der Waals surface area contributed by atoms with Crippen molar-refractivity contribution in [3.63, 3.8) is 0 Å². The third kappa shape index (κ3) is 14.9. The summed E-state index contributed by atoms with van der Waals surface area (Å²) in [6.07, 6.45) is -9.51. The molecule has 2 fully saturated rings. The highest BCUT2D eigenvalue weighted by Gasteiger charge is 2.38. The van der Waals surface area contributed by atoms with E-state index in [0.717, 1.165) is 29.2 Å². The number of imide groups is 2. The van der Waals surface area contributed by atoms with E-state index in [1.807, 2.05) is 5.32 Å². The molecule has 0 bridgehead atoms. The number of carbonyl (C=O) groups excluding carboxylic acids is 4. The number of hydrogen-bond donors (Lipinski definition) is 2. The number of ether oxygens (including phenoxy) is 2. The van der Waals surface area contributed by atoms with Gasteiger partial charge in [-0.1, -0.05) is 62.3 Å². The van der Waals surface area contributed by atoms with Crippen LogP contribution < -0.4 is 20.1 Å². The van der Waals surface area contributed by atoms with Crippen LogP contribution in [0.3, 0.4) is 0 Å². The van der Waals surface area contributed by atoms with E-state index >= 15 is 0 Å². The lowest BCUT2D eigenvalue weighted by Gasteiger charge is -2.17. The van der Waals surface area contributed by atoms with Gasteiger partial charge in [0.2, 0.25) is 41.2 Å². The van der Waals surface area contributed by atoms with E-state index in [0.29, 0.717) is 0 Å². The Morgan fingerprint density at radius 2 is 1.07 bits per heavy atom. The van der Waals surface area contributed by atoms with E-state index < -0.39 is 72.5 Å². The molecule has 0 radical (unpaired) electrons. The third-order valence-electron chi connectivity index (χ3n) is 10.2. The molecule has 0 atom stereocenters. The number of alkyl halides is 7. The van der Waals surface area contributed by atoms with Gasteiger partial charge in [0, 0.05) is 24.0 Å². The Morgan fingerprint density at radius 3 is 1.43 bits per heavy atom. The summed E-state index contributed by atoms with van der Waals surface area (Å²) >= 11 is 5.58. The predicted octanol–water partition coefficient (Wildman–Crippen LogP) is 9.17. The van der Waals surface area contributed by atoms with Crippen molar-refractivity contribution in [2.45, 2.75) is 75.1 Å². The van der Waals surface area contributed by atoms with Crippen molar-refractivity contribution in [3.8, 4) is 45.8 Å². The highest BCUT2D eigenvalue weighted by Crippen LogP contribution is 2.43. The van der Waals surface area contributed by atoms with E-state index in [1.165, 1.54) is 60.7 Å². The van der Waals surface area contributed by atoms with Gasteiger partial charge < -0.3 is 23.8 Å². The van der Waals surface area contributed by atoms with Gasteiger partial charge in [0.25, 0.3) is 0 Å². The topological polar surface area (TPSA) is 260 Å². The number of hydrogen-bond acceptors (Lipinski definition) is 16. The fourth-order valence-corrected chi connectivity index (χ4v) is 10.6. The summed E-state index contributed by atoms with van der Waals surface area (Å²) in [5, 5.41) is 11.6. The van der Waals surface area contributed by atoms with E-state index in [4.69, 9.17) is 30.1 Å². The average molecular weight is 1110 g/mol. The maximum Gasteiger partial charge on any atom is 0.420 e. The number of amides is 5. The molecule has 0 unspecified atom stereocenters. The Kier molecular flexibility index (Phi) is 17.8. The van der Waals surface area contributed by atoms with E-state index in [9.17, 15) is 62.4 Å². The van der Waals surface area contributed by atoms with E-state index in [1.54, 1.807) is 27.7 Å². The molecule has 4 aromatic carbocycles. The van der Waals surface area contributed by atoms with Crippen LogP contribution in [0.2, 0.25) is 0 Å². The fraction of sp³-hybridized carbons (Fsp3) is 0.319. The highest BCUT2D eigenvalue weighted by molar-refractivity contribution is 7.91. The second-order valence-corrected chi connectivity index (χ2v) is 21.4. The van der Waals surface area contributed by atoms with Gasteiger partial charge >= 0.3 is 18.4 Å². The van der Waals surface area contributed by atoms with Crippen molar-refractivity contribution in [2.24, 2.45) is 11.8 Å². The van der Waals surface area contributed by atoms with Crippen molar-refractivity contribution in [1.82, 2.24) is 35.8 Å².